The van der Waals surface area contributed by atoms with Crippen LogP contribution in [0.25, 0.3) is 10.2 Å². The molecule has 4 rings (SSSR count). The van der Waals surface area contributed by atoms with Gasteiger partial charge in [-0.3, -0.25) is 4.79 Å². The quantitative estimate of drug-likeness (QED) is 0.719. The van der Waals surface area contributed by atoms with Crippen molar-refractivity contribution in [1.29, 1.82) is 0 Å². The Hall–Kier alpha value is -1.81. The van der Waals surface area contributed by atoms with Crippen molar-refractivity contribution < 1.29 is 13.2 Å². The summed E-state index contributed by atoms with van der Waals surface area (Å²) in [5.74, 6) is -0.541. The Kier molecular flexibility index (Phi) is 4.78. The Morgan fingerprint density at radius 2 is 2.08 bits per heavy atom. The summed E-state index contributed by atoms with van der Waals surface area (Å²) in [5.41, 5.74) is 0.846. The first kappa shape index (κ1) is 17.6. The molecule has 1 saturated heterocycles. The van der Waals surface area contributed by atoms with Gasteiger partial charge in [0.2, 0.25) is 5.91 Å². The molecule has 1 aromatic carbocycles. The SMILES string of the molecule is O=C(Nc1nc2ccccc2s1)C1CCCN(S(=O)(=O)c2cccs2)C1. The molecule has 1 aliphatic rings. The van der Waals surface area contributed by atoms with Gasteiger partial charge in [0.1, 0.15) is 4.21 Å². The van der Waals surface area contributed by atoms with Crippen LogP contribution in [0.2, 0.25) is 0 Å². The van der Waals surface area contributed by atoms with Crippen LogP contribution in [-0.4, -0.2) is 36.7 Å². The van der Waals surface area contributed by atoms with Gasteiger partial charge in [0, 0.05) is 13.1 Å². The summed E-state index contributed by atoms with van der Waals surface area (Å²) in [6.07, 6.45) is 1.34. The maximum Gasteiger partial charge on any atom is 0.252 e. The number of thiazole rings is 1. The van der Waals surface area contributed by atoms with Crippen LogP contribution in [0.5, 0.6) is 0 Å². The molecule has 136 valence electrons. The number of anilines is 1. The molecule has 3 aromatic rings. The van der Waals surface area contributed by atoms with Gasteiger partial charge in [-0.25, -0.2) is 13.4 Å². The van der Waals surface area contributed by atoms with Gasteiger partial charge in [0.15, 0.2) is 5.13 Å². The van der Waals surface area contributed by atoms with Crippen LogP contribution < -0.4 is 5.32 Å². The second kappa shape index (κ2) is 7.07. The smallest absolute Gasteiger partial charge is 0.252 e. The second-order valence-corrected chi connectivity index (χ2v) is 10.3. The zero-order chi connectivity index (χ0) is 18.1. The summed E-state index contributed by atoms with van der Waals surface area (Å²) in [7, 11) is -3.52. The normalized spacial score (nSPS) is 18.8. The van der Waals surface area contributed by atoms with E-state index in [4.69, 9.17) is 0 Å². The van der Waals surface area contributed by atoms with Crippen LogP contribution in [0.4, 0.5) is 5.13 Å². The van der Waals surface area contributed by atoms with Gasteiger partial charge in [-0.15, -0.1) is 11.3 Å². The van der Waals surface area contributed by atoms with Gasteiger partial charge >= 0.3 is 0 Å². The molecule has 0 bridgehead atoms. The van der Waals surface area contributed by atoms with Gasteiger partial charge in [-0.2, -0.15) is 4.31 Å². The maximum atomic E-state index is 12.7. The average molecular weight is 408 g/mol. The molecule has 0 radical (unpaired) electrons. The predicted molar refractivity (Wildman–Crippen MR) is 104 cm³/mol. The third-order valence-electron chi connectivity index (χ3n) is 4.37. The maximum absolute atomic E-state index is 12.7. The van der Waals surface area contributed by atoms with Crippen molar-refractivity contribution in [3.8, 4) is 0 Å². The number of rotatable bonds is 4. The number of amides is 1. The van der Waals surface area contributed by atoms with E-state index in [0.29, 0.717) is 28.7 Å². The fourth-order valence-corrected chi connectivity index (χ4v) is 6.58. The standard InChI is InChI=1S/C17H17N3O3S3/c21-16(19-17-18-13-6-1-2-7-14(13)25-17)12-5-3-9-20(11-12)26(22,23)15-8-4-10-24-15/h1-2,4,6-8,10,12H,3,5,9,11H2,(H,18,19,21). The third kappa shape index (κ3) is 3.39. The van der Waals surface area contributed by atoms with E-state index >= 15 is 0 Å². The van der Waals surface area contributed by atoms with Crippen molar-refractivity contribution in [2.45, 2.75) is 17.1 Å². The highest BCUT2D eigenvalue weighted by molar-refractivity contribution is 7.91. The number of para-hydroxylation sites is 1. The summed E-state index contributed by atoms with van der Waals surface area (Å²) in [5, 5.41) is 5.15. The topological polar surface area (TPSA) is 79.4 Å². The van der Waals surface area contributed by atoms with Gasteiger partial charge in [-0.05, 0) is 36.4 Å². The highest BCUT2D eigenvalue weighted by Gasteiger charge is 2.34. The van der Waals surface area contributed by atoms with Crippen LogP contribution in [0.1, 0.15) is 12.8 Å². The number of nitrogens with one attached hydrogen (secondary N) is 1. The van der Waals surface area contributed by atoms with E-state index in [2.05, 4.69) is 10.3 Å². The number of aromatic nitrogens is 1. The van der Waals surface area contributed by atoms with E-state index < -0.39 is 10.0 Å². The molecule has 2 aromatic heterocycles. The minimum absolute atomic E-state index is 0.171. The molecule has 1 fully saturated rings. The Morgan fingerprint density at radius 3 is 2.85 bits per heavy atom. The molecule has 1 aliphatic heterocycles. The summed E-state index contributed by atoms with van der Waals surface area (Å²) < 4.78 is 28.1. The molecule has 0 spiro atoms. The van der Waals surface area contributed by atoms with E-state index in [1.807, 2.05) is 24.3 Å². The highest BCUT2D eigenvalue weighted by atomic mass is 32.2. The predicted octanol–water partition coefficient (Wildman–Crippen LogP) is 3.40. The summed E-state index contributed by atoms with van der Waals surface area (Å²) >= 11 is 2.62. The lowest BCUT2D eigenvalue weighted by Crippen LogP contribution is -2.43. The number of carbonyl (C=O) groups is 1. The molecular formula is C17H17N3O3S3. The minimum atomic E-state index is -3.52. The van der Waals surface area contributed by atoms with Crippen molar-refractivity contribution in [1.82, 2.24) is 9.29 Å². The van der Waals surface area contributed by atoms with Crippen LogP contribution >= 0.6 is 22.7 Å². The Labute approximate surface area is 159 Å². The zero-order valence-electron chi connectivity index (χ0n) is 13.8. The first-order valence-corrected chi connectivity index (χ1v) is 11.4. The van der Waals surface area contributed by atoms with E-state index in [9.17, 15) is 13.2 Å². The van der Waals surface area contributed by atoms with E-state index in [-0.39, 0.29) is 18.4 Å². The molecular weight excluding hydrogens is 390 g/mol. The first-order valence-electron chi connectivity index (χ1n) is 8.24. The molecule has 6 nitrogen and oxygen atoms in total. The van der Waals surface area contributed by atoms with E-state index in [1.54, 1.807) is 17.5 Å². The van der Waals surface area contributed by atoms with Crippen LogP contribution in [-0.2, 0) is 14.8 Å². The van der Waals surface area contributed by atoms with Gasteiger partial charge in [0.05, 0.1) is 16.1 Å². The fourth-order valence-electron chi connectivity index (χ4n) is 3.05. The largest absolute Gasteiger partial charge is 0.302 e. The highest BCUT2D eigenvalue weighted by Crippen LogP contribution is 2.29. The number of benzene rings is 1. The Morgan fingerprint density at radius 1 is 1.23 bits per heavy atom. The number of hydrogen-bond acceptors (Lipinski definition) is 6. The van der Waals surface area contributed by atoms with Crippen molar-refractivity contribution in [3.05, 3.63) is 41.8 Å². The van der Waals surface area contributed by atoms with Crippen molar-refractivity contribution >= 4 is 54.0 Å². The molecule has 1 amide bonds. The molecule has 0 saturated carbocycles. The second-order valence-electron chi connectivity index (χ2n) is 6.11. The number of fused-ring (bicyclic) bond motifs is 1. The average Bonchev–Trinajstić information content (AvgIpc) is 3.31. The first-order chi connectivity index (χ1) is 12.5. The van der Waals surface area contributed by atoms with E-state index in [0.717, 1.165) is 10.2 Å². The fraction of sp³-hybridized carbons (Fsp3) is 0.294. The summed E-state index contributed by atoms with van der Waals surface area (Å²) in [6, 6.07) is 11.0. The monoisotopic (exact) mass is 407 g/mol. The Balaban J connectivity index is 1.48. The van der Waals surface area contributed by atoms with Crippen molar-refractivity contribution in [2.24, 2.45) is 5.92 Å². The lowest BCUT2D eigenvalue weighted by Gasteiger charge is -2.30. The van der Waals surface area contributed by atoms with Crippen molar-refractivity contribution in [2.75, 3.05) is 18.4 Å². The number of hydrogen-bond donors (Lipinski definition) is 1. The lowest BCUT2D eigenvalue weighted by molar-refractivity contribution is -0.120. The van der Waals surface area contributed by atoms with Gasteiger partial charge in [0.25, 0.3) is 10.0 Å². The molecule has 3 heterocycles. The summed E-state index contributed by atoms with van der Waals surface area (Å²) in [6.45, 7) is 0.655. The molecule has 26 heavy (non-hydrogen) atoms. The molecule has 9 heteroatoms. The third-order valence-corrected chi connectivity index (χ3v) is 8.56. The number of nitrogens with zero attached hydrogens (tertiary/aromatic N) is 2. The van der Waals surface area contributed by atoms with E-state index in [1.165, 1.54) is 27.0 Å². The Bertz CT molecular complexity index is 995. The van der Waals surface area contributed by atoms with Gasteiger partial charge in [-0.1, -0.05) is 29.5 Å². The number of thiophene rings is 1. The zero-order valence-corrected chi connectivity index (χ0v) is 16.2. The number of carbonyl (C=O) groups excluding carboxylic acids is 1. The number of sulfonamides is 1. The molecule has 0 aliphatic carbocycles. The number of piperidine rings is 1. The van der Waals surface area contributed by atoms with Gasteiger partial charge < -0.3 is 5.32 Å². The molecule has 1 atom stereocenters. The molecule has 1 N–H and O–H groups in total. The van der Waals surface area contributed by atoms with Crippen molar-refractivity contribution in [3.63, 3.8) is 0 Å². The van der Waals surface area contributed by atoms with Crippen LogP contribution in [0.3, 0.4) is 0 Å². The lowest BCUT2D eigenvalue weighted by atomic mass is 9.99. The minimum Gasteiger partial charge on any atom is -0.302 e. The van der Waals surface area contributed by atoms with Crippen LogP contribution in [0.15, 0.2) is 46.0 Å². The summed E-state index contributed by atoms with van der Waals surface area (Å²) in [4.78, 5) is 17.1. The van der Waals surface area contributed by atoms with Crippen LogP contribution in [0, 0.1) is 5.92 Å². The molecule has 1 unspecified atom stereocenters.